The molecule has 1 aliphatic rings. The number of nitrogens with zero attached hydrogens (tertiary/aromatic N) is 1. The van der Waals surface area contributed by atoms with Gasteiger partial charge in [-0.3, -0.25) is 4.79 Å². The van der Waals surface area contributed by atoms with Crippen molar-refractivity contribution in [3.63, 3.8) is 0 Å². The zero-order valence-corrected chi connectivity index (χ0v) is 11.4. The van der Waals surface area contributed by atoms with Gasteiger partial charge in [0.2, 0.25) is 5.91 Å². The number of benzene rings is 1. The van der Waals surface area contributed by atoms with E-state index in [2.05, 4.69) is 15.6 Å². The van der Waals surface area contributed by atoms with Crippen LogP contribution >= 0.6 is 11.3 Å². The Morgan fingerprint density at radius 2 is 2.25 bits per heavy atom. The maximum absolute atomic E-state index is 14.0. The fourth-order valence-electron chi connectivity index (χ4n) is 2.27. The lowest BCUT2D eigenvalue weighted by molar-refractivity contribution is -0.116. The minimum Gasteiger partial charge on any atom is -0.365 e. The summed E-state index contributed by atoms with van der Waals surface area (Å²) < 4.78 is 27.3. The smallest absolute Gasteiger partial charge is 0.226 e. The molecular weight excluding hydrogens is 284 g/mol. The van der Waals surface area contributed by atoms with Crippen LogP contribution in [0.2, 0.25) is 0 Å². The van der Waals surface area contributed by atoms with E-state index in [1.54, 1.807) is 7.05 Å². The topological polar surface area (TPSA) is 54.0 Å². The number of halogens is 2. The molecule has 0 spiro atoms. The summed E-state index contributed by atoms with van der Waals surface area (Å²) in [5.74, 6) is -2.15. The molecule has 0 fully saturated rings. The van der Waals surface area contributed by atoms with Gasteiger partial charge in [-0.1, -0.05) is 23.5 Å². The number of rotatable bonds is 2. The van der Waals surface area contributed by atoms with Crippen molar-refractivity contribution in [2.75, 3.05) is 17.7 Å². The predicted molar refractivity (Wildman–Crippen MR) is 73.1 cm³/mol. The van der Waals surface area contributed by atoms with Gasteiger partial charge < -0.3 is 10.6 Å². The van der Waals surface area contributed by atoms with E-state index in [0.29, 0.717) is 10.9 Å². The molecule has 0 bridgehead atoms. The van der Waals surface area contributed by atoms with Crippen molar-refractivity contribution < 1.29 is 13.6 Å². The first-order valence-electron chi connectivity index (χ1n) is 6.02. The van der Waals surface area contributed by atoms with Crippen LogP contribution in [0, 0.1) is 11.6 Å². The van der Waals surface area contributed by atoms with E-state index in [1.807, 2.05) is 0 Å². The fourth-order valence-corrected chi connectivity index (χ4v) is 3.26. The molecule has 0 radical (unpaired) electrons. The van der Waals surface area contributed by atoms with Gasteiger partial charge in [0.1, 0.15) is 5.82 Å². The number of aromatic nitrogens is 1. The maximum atomic E-state index is 14.0. The molecular formula is C13H11F2N3OS. The second-order valence-corrected chi connectivity index (χ2v) is 5.46. The average Bonchev–Trinajstić information content (AvgIpc) is 2.84. The van der Waals surface area contributed by atoms with E-state index < -0.39 is 17.6 Å². The molecule has 0 saturated carbocycles. The largest absolute Gasteiger partial charge is 0.365 e. The molecule has 1 aliphatic heterocycles. The maximum Gasteiger partial charge on any atom is 0.226 e. The van der Waals surface area contributed by atoms with Crippen molar-refractivity contribution in [1.29, 1.82) is 0 Å². The van der Waals surface area contributed by atoms with Crippen molar-refractivity contribution in [2.24, 2.45) is 0 Å². The van der Waals surface area contributed by atoms with Crippen LogP contribution < -0.4 is 10.6 Å². The average molecular weight is 295 g/mol. The normalized spacial score (nSPS) is 17.6. The van der Waals surface area contributed by atoms with Gasteiger partial charge in [-0.15, -0.1) is 0 Å². The van der Waals surface area contributed by atoms with Crippen LogP contribution in [0.5, 0.6) is 0 Å². The van der Waals surface area contributed by atoms with E-state index in [-0.39, 0.29) is 17.9 Å². The summed E-state index contributed by atoms with van der Waals surface area (Å²) in [5.41, 5.74) is 0.187. The number of amides is 1. The lowest BCUT2D eigenvalue weighted by Crippen LogP contribution is -2.23. The van der Waals surface area contributed by atoms with Gasteiger partial charge >= 0.3 is 0 Å². The van der Waals surface area contributed by atoms with Crippen LogP contribution in [0.1, 0.15) is 22.8 Å². The molecule has 104 valence electrons. The first-order valence-corrected chi connectivity index (χ1v) is 6.84. The molecule has 0 saturated heterocycles. The van der Waals surface area contributed by atoms with Gasteiger partial charge in [-0.25, -0.2) is 13.8 Å². The molecule has 0 aliphatic carbocycles. The molecule has 1 aromatic carbocycles. The molecule has 2 aromatic rings. The predicted octanol–water partition coefficient (Wildman–Crippen LogP) is 2.94. The number of anilines is 2. The van der Waals surface area contributed by atoms with Gasteiger partial charge in [0.25, 0.3) is 0 Å². The highest BCUT2D eigenvalue weighted by molar-refractivity contribution is 7.16. The van der Waals surface area contributed by atoms with E-state index in [9.17, 15) is 13.6 Å². The van der Waals surface area contributed by atoms with Gasteiger partial charge in [0.05, 0.1) is 4.88 Å². The Labute approximate surface area is 117 Å². The molecule has 4 nitrogen and oxygen atoms in total. The lowest BCUT2D eigenvalue weighted by Gasteiger charge is -2.22. The monoisotopic (exact) mass is 295 g/mol. The third kappa shape index (κ3) is 2.03. The molecule has 20 heavy (non-hydrogen) atoms. The van der Waals surface area contributed by atoms with Gasteiger partial charge in [0, 0.05) is 19.4 Å². The number of nitrogens with one attached hydrogen (secondary N) is 2. The van der Waals surface area contributed by atoms with Crippen molar-refractivity contribution >= 4 is 28.2 Å². The molecule has 1 amide bonds. The summed E-state index contributed by atoms with van der Waals surface area (Å²) in [4.78, 5) is 16.7. The van der Waals surface area contributed by atoms with Crippen LogP contribution in [0.15, 0.2) is 18.2 Å². The summed E-state index contributed by atoms with van der Waals surface area (Å²) in [6.45, 7) is 0. The van der Waals surface area contributed by atoms with Gasteiger partial charge in [-0.2, -0.15) is 0 Å². The van der Waals surface area contributed by atoms with Gasteiger partial charge in [-0.05, 0) is 11.6 Å². The molecule has 1 atom stereocenters. The number of carbonyl (C=O) groups excluding carboxylic acids is 1. The van der Waals surface area contributed by atoms with Crippen LogP contribution in [0.25, 0.3) is 0 Å². The highest BCUT2D eigenvalue weighted by Crippen LogP contribution is 2.42. The summed E-state index contributed by atoms with van der Waals surface area (Å²) in [6, 6.07) is 4.01. The minimum absolute atomic E-state index is 0.0821. The molecule has 3 rings (SSSR count). The highest BCUT2D eigenvalue weighted by atomic mass is 32.1. The Morgan fingerprint density at radius 3 is 3.00 bits per heavy atom. The first-order chi connectivity index (χ1) is 9.60. The Bertz CT molecular complexity index is 686. The van der Waals surface area contributed by atoms with E-state index >= 15 is 0 Å². The highest BCUT2D eigenvalue weighted by Gasteiger charge is 2.32. The zero-order valence-electron chi connectivity index (χ0n) is 10.5. The number of hydrogen-bond donors (Lipinski definition) is 2. The van der Waals surface area contributed by atoms with Crippen molar-refractivity contribution in [3.05, 3.63) is 40.3 Å². The van der Waals surface area contributed by atoms with Gasteiger partial charge in [0.15, 0.2) is 16.8 Å². The third-order valence-electron chi connectivity index (χ3n) is 3.19. The fraction of sp³-hybridized carbons (Fsp3) is 0.231. The molecule has 2 heterocycles. The second-order valence-electron chi connectivity index (χ2n) is 4.43. The molecule has 1 aromatic heterocycles. The summed E-state index contributed by atoms with van der Waals surface area (Å²) in [5, 5.41) is 6.16. The Hall–Kier alpha value is -2.02. The SMILES string of the molecule is CNc1nc2c(s1)[C@H](c1cccc(F)c1F)CC(=O)N2. The van der Waals surface area contributed by atoms with Crippen molar-refractivity contribution in [3.8, 4) is 0 Å². The quantitative estimate of drug-likeness (QED) is 0.895. The molecule has 2 N–H and O–H groups in total. The van der Waals surface area contributed by atoms with Crippen LogP contribution in [-0.4, -0.2) is 17.9 Å². The van der Waals surface area contributed by atoms with Crippen molar-refractivity contribution in [1.82, 2.24) is 4.98 Å². The lowest BCUT2D eigenvalue weighted by atomic mass is 9.91. The third-order valence-corrected chi connectivity index (χ3v) is 4.37. The molecule has 7 heteroatoms. The minimum atomic E-state index is -0.909. The number of hydrogen-bond acceptors (Lipinski definition) is 4. The van der Waals surface area contributed by atoms with Crippen LogP contribution in [-0.2, 0) is 4.79 Å². The Morgan fingerprint density at radius 1 is 1.45 bits per heavy atom. The number of fused-ring (bicyclic) bond motifs is 1. The Kier molecular flexibility index (Phi) is 3.13. The number of thiazole rings is 1. The first kappa shape index (κ1) is 13.0. The van der Waals surface area contributed by atoms with E-state index in [0.717, 1.165) is 10.9 Å². The van der Waals surface area contributed by atoms with Crippen LogP contribution in [0.3, 0.4) is 0 Å². The second kappa shape index (κ2) is 4.82. The van der Waals surface area contributed by atoms with Crippen molar-refractivity contribution in [2.45, 2.75) is 12.3 Å². The standard InChI is InChI=1S/C13H11F2N3OS/c1-16-13-18-12-11(20-13)7(5-9(19)17-12)6-3-2-4-8(14)10(6)15/h2-4,7H,5H2,1H3,(H,16,18)(H,17,19)/t7-/m0/s1. The molecule has 0 unspecified atom stereocenters. The Balaban J connectivity index is 2.12. The number of carbonyl (C=O) groups is 1. The van der Waals surface area contributed by atoms with Crippen LogP contribution in [0.4, 0.5) is 19.7 Å². The van der Waals surface area contributed by atoms with E-state index in [4.69, 9.17) is 0 Å². The van der Waals surface area contributed by atoms with E-state index in [1.165, 1.54) is 23.5 Å². The summed E-state index contributed by atoms with van der Waals surface area (Å²) in [7, 11) is 1.71. The summed E-state index contributed by atoms with van der Waals surface area (Å²) >= 11 is 1.33. The summed E-state index contributed by atoms with van der Waals surface area (Å²) in [6.07, 6.45) is 0.0821. The zero-order chi connectivity index (χ0) is 14.3.